The van der Waals surface area contributed by atoms with Crippen LogP contribution in [0.3, 0.4) is 0 Å². The maximum atomic E-state index is 12.8. The molecule has 3 aromatic carbocycles. The van der Waals surface area contributed by atoms with E-state index in [9.17, 15) is 24.5 Å². The van der Waals surface area contributed by atoms with E-state index in [1.165, 1.54) is 48.5 Å². The lowest BCUT2D eigenvalue weighted by Gasteiger charge is -2.15. The van der Waals surface area contributed by atoms with E-state index in [4.69, 9.17) is 16.3 Å². The molecule has 1 N–H and O–H groups in total. The number of esters is 1. The molecule has 0 spiro atoms. The number of hydrogen-bond donors (Lipinski definition) is 1. The second kappa shape index (κ2) is 9.55. The van der Waals surface area contributed by atoms with E-state index >= 15 is 0 Å². The third-order valence-corrected chi connectivity index (χ3v) is 5.29. The third-order valence-electron chi connectivity index (χ3n) is 4.94. The van der Waals surface area contributed by atoms with Crippen LogP contribution in [0, 0.1) is 10.1 Å². The van der Waals surface area contributed by atoms with Crippen LogP contribution in [0.1, 0.15) is 15.9 Å². The van der Waals surface area contributed by atoms with E-state index in [2.05, 4.69) is 5.32 Å². The Bertz CT molecular complexity index is 1300. The van der Waals surface area contributed by atoms with Crippen LogP contribution in [0.25, 0.3) is 0 Å². The van der Waals surface area contributed by atoms with E-state index in [0.29, 0.717) is 5.69 Å². The van der Waals surface area contributed by atoms with E-state index in [-0.39, 0.29) is 34.3 Å². The van der Waals surface area contributed by atoms with Gasteiger partial charge < -0.3 is 10.1 Å². The number of amides is 2. The lowest BCUT2D eigenvalue weighted by molar-refractivity contribution is -0.384. The number of imide groups is 1. The summed E-state index contributed by atoms with van der Waals surface area (Å²) in [4.78, 5) is 48.8. The lowest BCUT2D eigenvalue weighted by Crippen LogP contribution is -2.31. The smallest absolute Gasteiger partial charge is 0.343 e. The Hall–Kier alpha value is -4.50. The van der Waals surface area contributed by atoms with Gasteiger partial charge in [-0.3, -0.25) is 24.6 Å². The fourth-order valence-electron chi connectivity index (χ4n) is 3.20. The molecule has 9 nitrogen and oxygen atoms in total. The van der Waals surface area contributed by atoms with Gasteiger partial charge >= 0.3 is 5.97 Å². The van der Waals surface area contributed by atoms with Crippen molar-refractivity contribution in [2.75, 3.05) is 5.32 Å². The molecule has 0 aliphatic carbocycles. The summed E-state index contributed by atoms with van der Waals surface area (Å²) < 4.78 is 5.21. The molecule has 170 valence electrons. The van der Waals surface area contributed by atoms with E-state index in [0.717, 1.165) is 10.5 Å². The molecule has 1 aliphatic heterocycles. The number of carbonyl (C=O) groups excluding carboxylic acids is 3. The van der Waals surface area contributed by atoms with Gasteiger partial charge in [0.05, 0.1) is 17.0 Å². The van der Waals surface area contributed by atoms with Gasteiger partial charge in [-0.15, -0.1) is 0 Å². The maximum Gasteiger partial charge on any atom is 0.343 e. The van der Waals surface area contributed by atoms with Crippen LogP contribution in [-0.4, -0.2) is 27.6 Å². The summed E-state index contributed by atoms with van der Waals surface area (Å²) in [5.41, 5.74) is 1.26. The molecule has 34 heavy (non-hydrogen) atoms. The van der Waals surface area contributed by atoms with Crippen molar-refractivity contribution in [2.24, 2.45) is 0 Å². The van der Waals surface area contributed by atoms with Crippen molar-refractivity contribution in [1.82, 2.24) is 4.90 Å². The first kappa shape index (κ1) is 22.7. The molecule has 0 saturated carbocycles. The van der Waals surface area contributed by atoms with Crippen molar-refractivity contribution in [1.29, 1.82) is 0 Å². The van der Waals surface area contributed by atoms with E-state index in [1.54, 1.807) is 12.1 Å². The van der Waals surface area contributed by atoms with Crippen molar-refractivity contribution < 1.29 is 24.0 Å². The zero-order valence-corrected chi connectivity index (χ0v) is 18.2. The largest absolute Gasteiger partial charge is 0.423 e. The van der Waals surface area contributed by atoms with Gasteiger partial charge in [-0.2, -0.15) is 0 Å². The predicted octanol–water partition coefficient (Wildman–Crippen LogP) is 4.25. The van der Waals surface area contributed by atoms with E-state index < -0.39 is 22.7 Å². The Labute approximate surface area is 198 Å². The van der Waals surface area contributed by atoms with Crippen LogP contribution in [0.4, 0.5) is 11.4 Å². The van der Waals surface area contributed by atoms with Crippen molar-refractivity contribution in [3.05, 3.63) is 111 Å². The fraction of sp³-hybridized carbons (Fsp3) is 0.0417. The summed E-state index contributed by atoms with van der Waals surface area (Å²) in [5.74, 6) is -1.66. The van der Waals surface area contributed by atoms with Crippen molar-refractivity contribution >= 4 is 40.8 Å². The highest BCUT2D eigenvalue weighted by atomic mass is 35.5. The Morgan fingerprint density at radius 3 is 2.21 bits per heavy atom. The summed E-state index contributed by atoms with van der Waals surface area (Å²) >= 11 is 6.13. The molecule has 1 heterocycles. The number of nitrogens with one attached hydrogen (secondary N) is 1. The number of carbonyl (C=O) groups is 3. The number of benzene rings is 3. The lowest BCUT2D eigenvalue weighted by atomic mass is 10.2. The van der Waals surface area contributed by atoms with Gasteiger partial charge in [0.1, 0.15) is 16.5 Å². The number of hydrogen-bond acceptors (Lipinski definition) is 7. The SMILES string of the molecule is O=C(Oc1ccc([N+](=O)[O-])cc1)c1ccc(NC2=C(Cl)C(=O)N(Cc3ccccc3)C2=O)cc1. The van der Waals surface area contributed by atoms with Crippen LogP contribution < -0.4 is 10.1 Å². The van der Waals surface area contributed by atoms with Crippen LogP contribution in [0.5, 0.6) is 5.75 Å². The minimum Gasteiger partial charge on any atom is -0.423 e. The van der Waals surface area contributed by atoms with Crippen LogP contribution in [0.15, 0.2) is 89.6 Å². The second-order valence-corrected chi connectivity index (χ2v) is 7.59. The summed E-state index contributed by atoms with van der Waals surface area (Å²) in [6.07, 6.45) is 0. The monoisotopic (exact) mass is 477 g/mol. The van der Waals surface area contributed by atoms with Gasteiger partial charge in [-0.05, 0) is 42.0 Å². The molecule has 0 aromatic heterocycles. The minimum atomic E-state index is -0.668. The van der Waals surface area contributed by atoms with Crippen LogP contribution in [0.2, 0.25) is 0 Å². The molecule has 3 aromatic rings. The van der Waals surface area contributed by atoms with Gasteiger partial charge in [0.15, 0.2) is 0 Å². The molecule has 0 radical (unpaired) electrons. The number of nitrogens with zero attached hydrogens (tertiary/aromatic N) is 2. The highest BCUT2D eigenvalue weighted by molar-refractivity contribution is 6.48. The molecule has 0 unspecified atom stereocenters. The average molecular weight is 478 g/mol. The van der Waals surface area contributed by atoms with Crippen molar-refractivity contribution in [2.45, 2.75) is 6.54 Å². The molecular formula is C24H16ClN3O6. The molecule has 0 saturated heterocycles. The molecular weight excluding hydrogens is 462 g/mol. The summed E-state index contributed by atoms with van der Waals surface area (Å²) in [6.45, 7) is 0.0906. The number of non-ortho nitro benzene ring substituents is 1. The molecule has 0 bridgehead atoms. The van der Waals surface area contributed by atoms with Gasteiger partial charge in [0, 0.05) is 17.8 Å². The standard InChI is InChI=1S/C24H16ClN3O6/c25-20-21(23(30)27(22(20)29)14-15-4-2-1-3-5-15)26-17-8-6-16(7-9-17)24(31)34-19-12-10-18(11-13-19)28(32)33/h1-13,26H,14H2. The minimum absolute atomic E-state index is 0.0520. The van der Waals surface area contributed by atoms with Gasteiger partial charge in [0.25, 0.3) is 17.5 Å². The Morgan fingerprint density at radius 2 is 1.59 bits per heavy atom. The Morgan fingerprint density at radius 1 is 0.941 bits per heavy atom. The maximum absolute atomic E-state index is 12.8. The highest BCUT2D eigenvalue weighted by Crippen LogP contribution is 2.27. The first-order chi connectivity index (χ1) is 16.3. The zero-order valence-electron chi connectivity index (χ0n) is 17.4. The Balaban J connectivity index is 1.41. The first-order valence-electron chi connectivity index (χ1n) is 9.97. The number of anilines is 1. The number of nitro benzene ring substituents is 1. The predicted molar refractivity (Wildman–Crippen MR) is 123 cm³/mol. The average Bonchev–Trinajstić information content (AvgIpc) is 3.04. The van der Waals surface area contributed by atoms with Gasteiger partial charge in [0.2, 0.25) is 0 Å². The van der Waals surface area contributed by atoms with Crippen molar-refractivity contribution in [3.8, 4) is 5.75 Å². The zero-order chi connectivity index (χ0) is 24.2. The third kappa shape index (κ3) is 4.79. The molecule has 4 rings (SSSR count). The number of nitro groups is 1. The highest BCUT2D eigenvalue weighted by Gasteiger charge is 2.37. The number of ether oxygens (including phenoxy) is 1. The molecule has 0 fully saturated rings. The van der Waals surface area contributed by atoms with Crippen LogP contribution in [-0.2, 0) is 16.1 Å². The quantitative estimate of drug-likeness (QED) is 0.178. The number of halogens is 1. The second-order valence-electron chi connectivity index (χ2n) is 7.21. The van der Waals surface area contributed by atoms with Gasteiger partial charge in [-0.1, -0.05) is 41.9 Å². The fourth-order valence-corrected chi connectivity index (χ4v) is 3.43. The van der Waals surface area contributed by atoms with Crippen molar-refractivity contribution in [3.63, 3.8) is 0 Å². The summed E-state index contributed by atoms with van der Waals surface area (Å²) in [6, 6.07) is 20.1. The topological polar surface area (TPSA) is 119 Å². The molecule has 1 aliphatic rings. The normalized spacial score (nSPS) is 13.3. The van der Waals surface area contributed by atoms with Gasteiger partial charge in [-0.25, -0.2) is 4.79 Å². The summed E-state index contributed by atoms with van der Waals surface area (Å²) in [5, 5.41) is 13.3. The molecule has 10 heteroatoms. The Kier molecular flexibility index (Phi) is 6.37. The number of rotatable bonds is 7. The first-order valence-corrected chi connectivity index (χ1v) is 10.3. The molecule has 2 amide bonds. The molecule has 0 atom stereocenters. The summed E-state index contributed by atoms with van der Waals surface area (Å²) in [7, 11) is 0. The van der Waals surface area contributed by atoms with Crippen LogP contribution >= 0.6 is 11.6 Å². The van der Waals surface area contributed by atoms with E-state index in [1.807, 2.05) is 18.2 Å².